The summed E-state index contributed by atoms with van der Waals surface area (Å²) in [5.41, 5.74) is -2.15. The third-order valence-corrected chi connectivity index (χ3v) is 8.78. The second-order valence-electron chi connectivity index (χ2n) is 11.5. The zero-order chi connectivity index (χ0) is 31.0. The fourth-order valence-corrected chi connectivity index (χ4v) is 6.45. The van der Waals surface area contributed by atoms with Crippen molar-refractivity contribution in [3.63, 3.8) is 0 Å². The van der Waals surface area contributed by atoms with E-state index in [0.717, 1.165) is 12.3 Å². The Kier molecular flexibility index (Phi) is 8.91. The molecule has 1 fully saturated rings. The van der Waals surface area contributed by atoms with Crippen LogP contribution in [0.1, 0.15) is 44.2 Å². The molecule has 3 aromatic carbocycles. The van der Waals surface area contributed by atoms with Gasteiger partial charge in [0.05, 0.1) is 21.9 Å². The molecule has 1 amide bonds. The summed E-state index contributed by atoms with van der Waals surface area (Å²) in [6.07, 6.45) is -1.01. The summed E-state index contributed by atoms with van der Waals surface area (Å²) in [6.45, 7) is 5.79. The molecule has 0 radical (unpaired) electrons. The van der Waals surface area contributed by atoms with Gasteiger partial charge in [-0.25, -0.2) is 22.0 Å². The molecule has 1 aliphatic heterocycles. The van der Waals surface area contributed by atoms with Crippen molar-refractivity contribution in [2.24, 2.45) is 5.41 Å². The van der Waals surface area contributed by atoms with Crippen LogP contribution in [0.25, 0.3) is 0 Å². The Morgan fingerprint density at radius 1 is 1.12 bits per heavy atom. The molecular formula is C30H29Cl2F2N3O4S. The SMILES string of the molecule is CC(C)(C)C[C@@H]1N[C@H](OC(=O)Nc2cccc(S(C)(=O)=O)c2)[C@H](c2cccc(Cl)c2F)[C@@]1(C#N)c1ccc(Cl)cc1F. The maximum Gasteiger partial charge on any atom is 0.413 e. The quantitative estimate of drug-likeness (QED) is 0.296. The number of carbonyl (C=O) groups excluding carboxylic acids is 1. The molecular weight excluding hydrogens is 607 g/mol. The van der Waals surface area contributed by atoms with Gasteiger partial charge in [0.2, 0.25) is 0 Å². The number of benzene rings is 3. The number of nitrogens with one attached hydrogen (secondary N) is 2. The van der Waals surface area contributed by atoms with Gasteiger partial charge in [-0.15, -0.1) is 0 Å². The smallest absolute Gasteiger partial charge is 0.413 e. The summed E-state index contributed by atoms with van der Waals surface area (Å²) in [4.78, 5) is 13.2. The van der Waals surface area contributed by atoms with E-state index in [0.29, 0.717) is 6.42 Å². The van der Waals surface area contributed by atoms with Crippen LogP contribution in [0.5, 0.6) is 0 Å². The van der Waals surface area contributed by atoms with Crippen LogP contribution in [-0.4, -0.2) is 33.0 Å². The zero-order valence-corrected chi connectivity index (χ0v) is 25.5. The lowest BCUT2D eigenvalue weighted by atomic mass is 9.63. The maximum absolute atomic E-state index is 15.7. The van der Waals surface area contributed by atoms with Gasteiger partial charge >= 0.3 is 6.09 Å². The number of halogens is 4. The number of nitriles is 1. The Hall–Kier alpha value is -3.23. The summed E-state index contributed by atoms with van der Waals surface area (Å²) in [5.74, 6) is -2.89. The van der Waals surface area contributed by atoms with Gasteiger partial charge in [-0.3, -0.25) is 10.6 Å². The van der Waals surface area contributed by atoms with Crippen LogP contribution in [0.15, 0.2) is 65.6 Å². The third kappa shape index (κ3) is 6.40. The topological polar surface area (TPSA) is 108 Å². The third-order valence-electron chi connectivity index (χ3n) is 7.15. The normalized spacial score (nSPS) is 22.4. The van der Waals surface area contributed by atoms with Crippen molar-refractivity contribution in [3.05, 3.63) is 93.5 Å². The minimum atomic E-state index is -3.56. The van der Waals surface area contributed by atoms with E-state index in [4.69, 9.17) is 27.9 Å². The molecule has 42 heavy (non-hydrogen) atoms. The molecule has 1 saturated heterocycles. The van der Waals surface area contributed by atoms with Crippen LogP contribution in [0.2, 0.25) is 10.0 Å². The minimum Gasteiger partial charge on any atom is -0.429 e. The Balaban J connectivity index is 1.86. The van der Waals surface area contributed by atoms with E-state index in [1.54, 1.807) is 0 Å². The van der Waals surface area contributed by atoms with Gasteiger partial charge in [0.1, 0.15) is 17.0 Å². The highest BCUT2D eigenvalue weighted by Gasteiger charge is 2.61. The average Bonchev–Trinajstić information content (AvgIpc) is 3.16. The van der Waals surface area contributed by atoms with Gasteiger partial charge < -0.3 is 4.74 Å². The monoisotopic (exact) mass is 635 g/mol. The molecule has 4 atom stereocenters. The highest BCUT2D eigenvalue weighted by atomic mass is 35.5. The molecule has 0 aromatic heterocycles. The van der Waals surface area contributed by atoms with E-state index in [2.05, 4.69) is 16.7 Å². The second-order valence-corrected chi connectivity index (χ2v) is 14.3. The van der Waals surface area contributed by atoms with Crippen molar-refractivity contribution < 1.29 is 26.7 Å². The summed E-state index contributed by atoms with van der Waals surface area (Å²) in [5, 5.41) is 16.4. The number of carbonyl (C=O) groups is 1. The second kappa shape index (κ2) is 11.8. The first-order chi connectivity index (χ1) is 19.6. The standard InChI is InChI=1S/C30H29Cl2F2N3O4S/c1-29(2,3)15-24-30(16-35,21-12-11-17(31)13-23(21)33)25(20-9-6-10-22(32)26(20)34)27(37-24)41-28(38)36-18-7-5-8-19(14-18)42(4,39)40/h5-14,24-25,27,37H,15H2,1-4H3,(H,36,38)/t24-,25-,27+,30-/m0/s1. The molecule has 1 aliphatic rings. The average molecular weight is 637 g/mol. The molecule has 12 heteroatoms. The van der Waals surface area contributed by atoms with Gasteiger partial charge in [0.25, 0.3) is 0 Å². The molecule has 0 saturated carbocycles. The molecule has 0 spiro atoms. The predicted molar refractivity (Wildman–Crippen MR) is 157 cm³/mol. The van der Waals surface area contributed by atoms with Crippen molar-refractivity contribution >= 4 is 44.8 Å². The Morgan fingerprint density at radius 2 is 1.81 bits per heavy atom. The van der Waals surface area contributed by atoms with Crippen molar-refractivity contribution in [2.45, 2.75) is 55.7 Å². The van der Waals surface area contributed by atoms with Gasteiger partial charge in [0.15, 0.2) is 16.1 Å². The molecule has 0 unspecified atom stereocenters. The Bertz CT molecular complexity index is 1670. The number of ether oxygens (including phenoxy) is 1. The minimum absolute atomic E-state index is 0.0230. The highest BCUT2D eigenvalue weighted by molar-refractivity contribution is 7.90. The molecule has 4 rings (SSSR count). The van der Waals surface area contributed by atoms with Crippen LogP contribution < -0.4 is 10.6 Å². The summed E-state index contributed by atoms with van der Waals surface area (Å²) < 4.78 is 61.1. The number of sulfone groups is 1. The van der Waals surface area contributed by atoms with Gasteiger partial charge in [-0.2, -0.15) is 5.26 Å². The summed E-state index contributed by atoms with van der Waals surface area (Å²) >= 11 is 12.2. The lowest BCUT2D eigenvalue weighted by Gasteiger charge is -2.37. The van der Waals surface area contributed by atoms with Crippen molar-refractivity contribution in [1.82, 2.24) is 5.32 Å². The van der Waals surface area contributed by atoms with Gasteiger partial charge in [0, 0.05) is 28.6 Å². The predicted octanol–water partition coefficient (Wildman–Crippen LogP) is 7.20. The van der Waals surface area contributed by atoms with Crippen LogP contribution in [0.3, 0.4) is 0 Å². The van der Waals surface area contributed by atoms with Crippen LogP contribution in [0.4, 0.5) is 19.3 Å². The highest BCUT2D eigenvalue weighted by Crippen LogP contribution is 2.53. The number of hydrogen-bond donors (Lipinski definition) is 2. The molecule has 2 N–H and O–H groups in total. The zero-order valence-electron chi connectivity index (χ0n) is 23.2. The van der Waals surface area contributed by atoms with Gasteiger partial charge in [-0.1, -0.05) is 68.2 Å². The Labute approximate surface area is 253 Å². The number of rotatable bonds is 6. The molecule has 222 valence electrons. The Morgan fingerprint density at radius 3 is 2.43 bits per heavy atom. The molecule has 3 aromatic rings. The van der Waals surface area contributed by atoms with E-state index in [9.17, 15) is 18.5 Å². The number of anilines is 1. The maximum atomic E-state index is 15.7. The van der Waals surface area contributed by atoms with Crippen molar-refractivity contribution in [3.8, 4) is 6.07 Å². The molecule has 0 aliphatic carbocycles. The first-order valence-corrected chi connectivity index (χ1v) is 15.6. The fourth-order valence-electron chi connectivity index (χ4n) is 5.44. The van der Waals surface area contributed by atoms with E-state index in [1.165, 1.54) is 54.6 Å². The van der Waals surface area contributed by atoms with Crippen LogP contribution in [-0.2, 0) is 20.0 Å². The number of hydrogen-bond acceptors (Lipinski definition) is 6. The summed E-state index contributed by atoms with van der Waals surface area (Å²) in [7, 11) is -3.56. The fraction of sp³-hybridized carbons (Fsp3) is 0.333. The van der Waals surface area contributed by atoms with Crippen molar-refractivity contribution in [2.75, 3.05) is 11.6 Å². The largest absolute Gasteiger partial charge is 0.429 e. The first-order valence-electron chi connectivity index (χ1n) is 12.9. The molecule has 0 bridgehead atoms. The van der Waals surface area contributed by atoms with E-state index in [1.807, 2.05) is 20.8 Å². The lowest BCUT2D eigenvalue weighted by Crippen LogP contribution is -2.44. The number of nitrogens with zero attached hydrogens (tertiary/aromatic N) is 1. The lowest BCUT2D eigenvalue weighted by molar-refractivity contribution is 0.0851. The van der Waals surface area contributed by atoms with Crippen LogP contribution >= 0.6 is 23.2 Å². The van der Waals surface area contributed by atoms with Crippen LogP contribution in [0, 0.1) is 28.4 Å². The molecule has 7 nitrogen and oxygen atoms in total. The molecule has 1 heterocycles. The van der Waals surface area contributed by atoms with E-state index < -0.39 is 56.6 Å². The number of amides is 1. The first kappa shape index (κ1) is 31.7. The van der Waals surface area contributed by atoms with E-state index in [-0.39, 0.29) is 31.8 Å². The van der Waals surface area contributed by atoms with Gasteiger partial charge in [-0.05, 0) is 53.8 Å². The summed E-state index contributed by atoms with van der Waals surface area (Å²) in [6, 6.07) is 15.1. The van der Waals surface area contributed by atoms with Crippen molar-refractivity contribution in [1.29, 1.82) is 5.26 Å². The van der Waals surface area contributed by atoms with E-state index >= 15 is 8.78 Å².